The Morgan fingerprint density at radius 2 is 2.15 bits per heavy atom. The first-order chi connectivity index (χ1) is 9.79. The predicted molar refractivity (Wildman–Crippen MR) is 84.9 cm³/mol. The van der Waals surface area contributed by atoms with E-state index in [9.17, 15) is 0 Å². The molecule has 1 unspecified atom stereocenters. The van der Waals surface area contributed by atoms with Crippen LogP contribution in [0.25, 0.3) is 0 Å². The fraction of sp³-hybridized carbons (Fsp3) is 0.706. The first kappa shape index (κ1) is 15.5. The molecule has 1 saturated carbocycles. The molecule has 2 rings (SSSR count). The third kappa shape index (κ3) is 4.88. The Hall–Kier alpha value is -0.930. The molecule has 1 aromatic rings. The highest BCUT2D eigenvalue weighted by Crippen LogP contribution is 2.28. The van der Waals surface area contributed by atoms with Crippen LogP contribution in [-0.2, 0) is 6.42 Å². The molecular weight excluding hydrogens is 246 g/mol. The van der Waals surface area contributed by atoms with E-state index in [0.29, 0.717) is 6.04 Å². The van der Waals surface area contributed by atoms with Crippen molar-refractivity contribution < 1.29 is 0 Å². The van der Waals surface area contributed by atoms with E-state index in [0.717, 1.165) is 32.0 Å². The van der Waals surface area contributed by atoms with Crippen molar-refractivity contribution in [1.29, 1.82) is 0 Å². The van der Waals surface area contributed by atoms with Gasteiger partial charge in [0.05, 0.1) is 0 Å². The second-order valence-electron chi connectivity index (χ2n) is 6.04. The van der Waals surface area contributed by atoms with Gasteiger partial charge in [-0.2, -0.15) is 0 Å². The van der Waals surface area contributed by atoms with Gasteiger partial charge in [-0.1, -0.05) is 25.8 Å². The molecule has 20 heavy (non-hydrogen) atoms. The van der Waals surface area contributed by atoms with Crippen molar-refractivity contribution in [2.24, 2.45) is 5.92 Å². The van der Waals surface area contributed by atoms with Crippen LogP contribution < -0.4 is 5.32 Å². The molecule has 0 amide bonds. The highest BCUT2D eigenvalue weighted by atomic mass is 15.1. The van der Waals surface area contributed by atoms with Crippen molar-refractivity contribution in [3.05, 3.63) is 30.1 Å². The molecule has 1 N–H and O–H groups in total. The van der Waals surface area contributed by atoms with Crippen LogP contribution in [0.15, 0.2) is 24.4 Å². The Labute approximate surface area is 123 Å². The van der Waals surface area contributed by atoms with Crippen LogP contribution >= 0.6 is 0 Å². The maximum atomic E-state index is 4.40. The Kier molecular flexibility index (Phi) is 6.48. The number of likely N-dealkylation sites (N-methyl/N-ethyl adjacent to an activating group) is 2. The number of hydrogen-bond donors (Lipinski definition) is 1. The minimum Gasteiger partial charge on any atom is -0.313 e. The molecule has 1 fully saturated rings. The van der Waals surface area contributed by atoms with Crippen molar-refractivity contribution in [1.82, 2.24) is 15.2 Å². The molecule has 0 aromatic carbocycles. The third-order valence-corrected chi connectivity index (χ3v) is 4.42. The predicted octanol–water partition coefficient (Wildman–Crippen LogP) is 2.72. The first-order valence-corrected chi connectivity index (χ1v) is 8.11. The van der Waals surface area contributed by atoms with Gasteiger partial charge in [-0.25, -0.2) is 0 Å². The average molecular weight is 275 g/mol. The maximum Gasteiger partial charge on any atom is 0.0416 e. The van der Waals surface area contributed by atoms with Crippen LogP contribution in [0.5, 0.6) is 0 Å². The molecule has 0 bridgehead atoms. The minimum atomic E-state index is 0.663. The number of hydrogen-bond acceptors (Lipinski definition) is 3. The quantitative estimate of drug-likeness (QED) is 0.790. The fourth-order valence-corrected chi connectivity index (χ4v) is 3.28. The molecule has 1 aromatic heterocycles. The van der Waals surface area contributed by atoms with Gasteiger partial charge < -0.3 is 10.2 Å². The van der Waals surface area contributed by atoms with E-state index in [1.165, 1.54) is 31.4 Å². The minimum absolute atomic E-state index is 0.663. The van der Waals surface area contributed by atoms with Gasteiger partial charge in [0.1, 0.15) is 0 Å². The zero-order valence-electron chi connectivity index (χ0n) is 13.0. The van der Waals surface area contributed by atoms with E-state index < -0.39 is 0 Å². The lowest BCUT2D eigenvalue weighted by Gasteiger charge is -2.29. The highest BCUT2D eigenvalue weighted by molar-refractivity contribution is 5.03. The van der Waals surface area contributed by atoms with Crippen molar-refractivity contribution in [3.8, 4) is 0 Å². The number of nitrogens with zero attached hydrogens (tertiary/aromatic N) is 2. The molecule has 3 nitrogen and oxygen atoms in total. The van der Waals surface area contributed by atoms with E-state index in [1.54, 1.807) is 0 Å². The van der Waals surface area contributed by atoms with Gasteiger partial charge in [-0.3, -0.25) is 4.98 Å². The number of nitrogens with one attached hydrogen (secondary N) is 1. The molecule has 0 saturated heterocycles. The van der Waals surface area contributed by atoms with Gasteiger partial charge in [0, 0.05) is 37.4 Å². The molecule has 0 radical (unpaired) electrons. The lowest BCUT2D eigenvalue weighted by Crippen LogP contribution is -2.44. The van der Waals surface area contributed by atoms with Crippen LogP contribution in [0, 0.1) is 5.92 Å². The lowest BCUT2D eigenvalue weighted by molar-refractivity contribution is 0.244. The van der Waals surface area contributed by atoms with Gasteiger partial charge in [-0.05, 0) is 44.5 Å². The van der Waals surface area contributed by atoms with E-state index in [1.807, 2.05) is 12.3 Å². The van der Waals surface area contributed by atoms with Gasteiger partial charge >= 0.3 is 0 Å². The second-order valence-corrected chi connectivity index (χ2v) is 6.04. The summed E-state index contributed by atoms with van der Waals surface area (Å²) in [5, 5.41) is 3.70. The van der Waals surface area contributed by atoms with Gasteiger partial charge in [-0.15, -0.1) is 0 Å². The topological polar surface area (TPSA) is 28.2 Å². The number of rotatable bonds is 8. The summed E-state index contributed by atoms with van der Waals surface area (Å²) in [7, 11) is 2.24. The molecular formula is C17H29N3. The standard InChI is InChI=1S/C17H29N3/c1-3-18-17(15-8-4-5-9-15)14-20(2)13-11-16-10-6-7-12-19-16/h6-7,10,12,15,17-18H,3-5,8-9,11,13-14H2,1-2H3. The zero-order valence-corrected chi connectivity index (χ0v) is 13.0. The summed E-state index contributed by atoms with van der Waals surface area (Å²) in [6, 6.07) is 6.83. The van der Waals surface area contributed by atoms with Crippen molar-refractivity contribution >= 4 is 0 Å². The van der Waals surface area contributed by atoms with Crippen LogP contribution in [-0.4, -0.2) is 42.6 Å². The Balaban J connectivity index is 1.77. The van der Waals surface area contributed by atoms with Crippen LogP contribution in [0.1, 0.15) is 38.3 Å². The Morgan fingerprint density at radius 1 is 1.35 bits per heavy atom. The molecule has 1 aliphatic carbocycles. The summed E-state index contributed by atoms with van der Waals surface area (Å²) in [4.78, 5) is 6.86. The monoisotopic (exact) mass is 275 g/mol. The lowest BCUT2D eigenvalue weighted by atomic mass is 9.97. The molecule has 1 aliphatic rings. The van der Waals surface area contributed by atoms with Crippen molar-refractivity contribution in [2.45, 2.75) is 45.1 Å². The summed E-state index contributed by atoms with van der Waals surface area (Å²) < 4.78 is 0. The summed E-state index contributed by atoms with van der Waals surface area (Å²) in [6.07, 6.45) is 8.59. The smallest absolute Gasteiger partial charge is 0.0416 e. The van der Waals surface area contributed by atoms with Gasteiger partial charge in [0.2, 0.25) is 0 Å². The van der Waals surface area contributed by atoms with Crippen LogP contribution in [0.2, 0.25) is 0 Å². The fourth-order valence-electron chi connectivity index (χ4n) is 3.28. The van der Waals surface area contributed by atoms with E-state index >= 15 is 0 Å². The number of aromatic nitrogens is 1. The van der Waals surface area contributed by atoms with Crippen molar-refractivity contribution in [3.63, 3.8) is 0 Å². The molecule has 112 valence electrons. The number of pyridine rings is 1. The van der Waals surface area contributed by atoms with Crippen molar-refractivity contribution in [2.75, 3.05) is 26.7 Å². The third-order valence-electron chi connectivity index (χ3n) is 4.42. The van der Waals surface area contributed by atoms with E-state index in [-0.39, 0.29) is 0 Å². The first-order valence-electron chi connectivity index (χ1n) is 8.11. The normalized spacial score (nSPS) is 17.8. The summed E-state index contributed by atoms with van der Waals surface area (Å²) in [5.74, 6) is 0.882. The van der Waals surface area contributed by atoms with Gasteiger partial charge in [0.25, 0.3) is 0 Å². The summed E-state index contributed by atoms with van der Waals surface area (Å²) >= 11 is 0. The second kappa shape index (κ2) is 8.38. The molecule has 0 spiro atoms. The molecule has 1 heterocycles. The molecule has 1 atom stereocenters. The zero-order chi connectivity index (χ0) is 14.2. The van der Waals surface area contributed by atoms with Gasteiger partial charge in [0.15, 0.2) is 0 Å². The highest BCUT2D eigenvalue weighted by Gasteiger charge is 2.25. The Bertz CT molecular complexity index is 360. The average Bonchev–Trinajstić information content (AvgIpc) is 3.00. The van der Waals surface area contributed by atoms with E-state index in [4.69, 9.17) is 0 Å². The van der Waals surface area contributed by atoms with Crippen LogP contribution in [0.3, 0.4) is 0 Å². The SMILES string of the molecule is CCNC(CN(C)CCc1ccccn1)C1CCCC1. The maximum absolute atomic E-state index is 4.40. The van der Waals surface area contributed by atoms with Crippen LogP contribution in [0.4, 0.5) is 0 Å². The molecule has 0 aliphatic heterocycles. The molecule has 3 heteroatoms. The Morgan fingerprint density at radius 3 is 2.80 bits per heavy atom. The van der Waals surface area contributed by atoms with E-state index in [2.05, 4.69) is 41.3 Å². The largest absolute Gasteiger partial charge is 0.313 e. The summed E-state index contributed by atoms with van der Waals surface area (Å²) in [6.45, 7) is 5.54. The summed E-state index contributed by atoms with van der Waals surface area (Å²) in [5.41, 5.74) is 1.19.